The van der Waals surface area contributed by atoms with Crippen molar-refractivity contribution in [1.29, 1.82) is 0 Å². The molecule has 1 aliphatic carbocycles. The largest absolute Gasteiger partial charge is 0.342 e. The van der Waals surface area contributed by atoms with Crippen LogP contribution in [0, 0.1) is 11.8 Å². The summed E-state index contributed by atoms with van der Waals surface area (Å²) in [4.78, 5) is 31.6. The first-order valence-electron chi connectivity index (χ1n) is 11.0. The van der Waals surface area contributed by atoms with E-state index < -0.39 is 0 Å². The van der Waals surface area contributed by atoms with Crippen LogP contribution in [0.5, 0.6) is 0 Å². The van der Waals surface area contributed by atoms with Gasteiger partial charge in [-0.05, 0) is 44.6 Å². The summed E-state index contributed by atoms with van der Waals surface area (Å²) in [6.07, 6.45) is 10.5. The maximum Gasteiger partial charge on any atom is 0.227 e. The van der Waals surface area contributed by atoms with E-state index in [-0.39, 0.29) is 17.7 Å². The molecule has 148 valence electrons. The predicted molar refractivity (Wildman–Crippen MR) is 104 cm³/mol. The van der Waals surface area contributed by atoms with Crippen molar-refractivity contribution in [2.45, 2.75) is 64.7 Å². The average Bonchev–Trinajstić information content (AvgIpc) is 2.93. The van der Waals surface area contributed by atoms with Gasteiger partial charge in [-0.2, -0.15) is 0 Å². The first-order valence-corrected chi connectivity index (χ1v) is 11.0. The van der Waals surface area contributed by atoms with Crippen LogP contribution >= 0.6 is 0 Å². The van der Waals surface area contributed by atoms with E-state index in [0.29, 0.717) is 13.0 Å². The normalized spacial score (nSPS) is 26.6. The van der Waals surface area contributed by atoms with Gasteiger partial charge in [-0.25, -0.2) is 0 Å². The highest BCUT2D eigenvalue weighted by atomic mass is 16.2. The molecule has 0 aromatic heterocycles. The van der Waals surface area contributed by atoms with E-state index in [0.717, 1.165) is 57.9 Å². The first-order chi connectivity index (χ1) is 12.7. The van der Waals surface area contributed by atoms with Crippen molar-refractivity contribution in [2.75, 3.05) is 45.8 Å². The van der Waals surface area contributed by atoms with Gasteiger partial charge in [0, 0.05) is 45.7 Å². The van der Waals surface area contributed by atoms with E-state index >= 15 is 0 Å². The Morgan fingerprint density at radius 3 is 2.35 bits per heavy atom. The summed E-state index contributed by atoms with van der Waals surface area (Å²) in [6, 6.07) is 0. The van der Waals surface area contributed by atoms with Crippen molar-refractivity contribution in [3.63, 3.8) is 0 Å². The number of hydrogen-bond acceptors (Lipinski definition) is 3. The Morgan fingerprint density at radius 1 is 0.808 bits per heavy atom. The number of nitrogens with zero attached hydrogens (tertiary/aromatic N) is 3. The van der Waals surface area contributed by atoms with Crippen LogP contribution in [0.2, 0.25) is 0 Å². The van der Waals surface area contributed by atoms with Crippen molar-refractivity contribution in [3.05, 3.63) is 0 Å². The quantitative estimate of drug-likeness (QED) is 0.771. The van der Waals surface area contributed by atoms with Gasteiger partial charge in [0.05, 0.1) is 5.92 Å². The molecule has 2 heterocycles. The number of hydrogen-bond donors (Lipinski definition) is 0. The lowest BCUT2D eigenvalue weighted by atomic mass is 9.89. The van der Waals surface area contributed by atoms with Crippen molar-refractivity contribution in [3.8, 4) is 0 Å². The molecule has 3 aliphatic rings. The molecule has 2 amide bonds. The molecular formula is C21H37N3O2. The smallest absolute Gasteiger partial charge is 0.227 e. The Hall–Kier alpha value is -1.10. The van der Waals surface area contributed by atoms with Crippen LogP contribution in [0.3, 0.4) is 0 Å². The van der Waals surface area contributed by atoms with Gasteiger partial charge < -0.3 is 14.7 Å². The topological polar surface area (TPSA) is 43.9 Å². The summed E-state index contributed by atoms with van der Waals surface area (Å²) in [5.41, 5.74) is 0. The molecule has 0 aromatic carbocycles. The van der Waals surface area contributed by atoms with Crippen LogP contribution < -0.4 is 0 Å². The molecule has 26 heavy (non-hydrogen) atoms. The number of carbonyl (C=O) groups is 2. The molecule has 0 bridgehead atoms. The van der Waals surface area contributed by atoms with Crippen molar-refractivity contribution >= 4 is 11.8 Å². The van der Waals surface area contributed by atoms with E-state index in [2.05, 4.69) is 9.80 Å². The second-order valence-corrected chi connectivity index (χ2v) is 8.52. The summed E-state index contributed by atoms with van der Waals surface area (Å²) in [6.45, 7) is 8.49. The maximum atomic E-state index is 13.0. The zero-order chi connectivity index (χ0) is 18.4. The Morgan fingerprint density at radius 2 is 1.58 bits per heavy atom. The number of likely N-dealkylation sites (tertiary alicyclic amines) is 1. The van der Waals surface area contributed by atoms with Gasteiger partial charge in [0.15, 0.2) is 0 Å². The molecule has 1 atom stereocenters. The van der Waals surface area contributed by atoms with E-state index in [1.54, 1.807) is 0 Å². The van der Waals surface area contributed by atoms with Gasteiger partial charge in [0.2, 0.25) is 11.8 Å². The van der Waals surface area contributed by atoms with Crippen LogP contribution in [-0.2, 0) is 9.59 Å². The lowest BCUT2D eigenvalue weighted by molar-refractivity contribution is -0.140. The first kappa shape index (κ1) is 19.7. The van der Waals surface area contributed by atoms with E-state index in [9.17, 15) is 9.59 Å². The molecule has 3 fully saturated rings. The summed E-state index contributed by atoms with van der Waals surface area (Å²) >= 11 is 0. The second kappa shape index (κ2) is 9.72. The highest BCUT2D eigenvalue weighted by Gasteiger charge is 2.31. The van der Waals surface area contributed by atoms with Gasteiger partial charge in [0.1, 0.15) is 0 Å². The van der Waals surface area contributed by atoms with Crippen LogP contribution in [0.25, 0.3) is 0 Å². The van der Waals surface area contributed by atoms with Crippen LogP contribution in [0.15, 0.2) is 0 Å². The van der Waals surface area contributed by atoms with Crippen molar-refractivity contribution < 1.29 is 9.59 Å². The Labute approximate surface area is 159 Å². The maximum absolute atomic E-state index is 13.0. The summed E-state index contributed by atoms with van der Waals surface area (Å²) in [5, 5.41) is 0. The summed E-state index contributed by atoms with van der Waals surface area (Å²) < 4.78 is 0. The minimum Gasteiger partial charge on any atom is -0.342 e. The number of carbonyl (C=O) groups excluding carboxylic acids is 2. The third kappa shape index (κ3) is 5.21. The van der Waals surface area contributed by atoms with E-state index in [4.69, 9.17) is 0 Å². The van der Waals surface area contributed by atoms with Gasteiger partial charge in [-0.3, -0.25) is 9.59 Å². The van der Waals surface area contributed by atoms with Gasteiger partial charge in [-0.15, -0.1) is 0 Å². The summed E-state index contributed by atoms with van der Waals surface area (Å²) in [5.74, 6) is 1.37. The fourth-order valence-electron chi connectivity index (χ4n) is 5.00. The Kier molecular flexibility index (Phi) is 7.35. The molecule has 0 spiro atoms. The van der Waals surface area contributed by atoms with Crippen LogP contribution in [0.4, 0.5) is 0 Å². The standard InChI is InChI=1S/C21H37N3O2/c1-2-20(25)24-12-6-10-19(17-24)21(26)23-13-7-11-22(14-15-23)16-18-8-4-3-5-9-18/h18-19H,2-17H2,1H3/t19-/m1/s1. The van der Waals surface area contributed by atoms with E-state index in [1.807, 2.05) is 11.8 Å². The molecule has 5 heteroatoms. The van der Waals surface area contributed by atoms with Crippen molar-refractivity contribution in [2.24, 2.45) is 11.8 Å². The molecular weight excluding hydrogens is 326 g/mol. The fourth-order valence-corrected chi connectivity index (χ4v) is 5.00. The van der Waals surface area contributed by atoms with E-state index in [1.165, 1.54) is 38.6 Å². The lowest BCUT2D eigenvalue weighted by Crippen LogP contribution is -2.47. The second-order valence-electron chi connectivity index (χ2n) is 8.52. The monoisotopic (exact) mass is 363 g/mol. The Bertz CT molecular complexity index is 476. The third-order valence-electron chi connectivity index (χ3n) is 6.57. The molecule has 2 aliphatic heterocycles. The average molecular weight is 364 g/mol. The third-order valence-corrected chi connectivity index (χ3v) is 6.57. The van der Waals surface area contributed by atoms with Crippen molar-refractivity contribution in [1.82, 2.24) is 14.7 Å². The zero-order valence-corrected chi connectivity index (χ0v) is 16.6. The van der Waals surface area contributed by atoms with Gasteiger partial charge in [-0.1, -0.05) is 26.2 Å². The molecule has 5 nitrogen and oxygen atoms in total. The molecule has 2 saturated heterocycles. The molecule has 0 aromatic rings. The predicted octanol–water partition coefficient (Wildman–Crippen LogP) is 2.75. The number of piperidine rings is 1. The molecule has 3 rings (SSSR count). The highest BCUT2D eigenvalue weighted by molar-refractivity contribution is 5.81. The van der Waals surface area contributed by atoms with Crippen LogP contribution in [0.1, 0.15) is 64.7 Å². The molecule has 1 saturated carbocycles. The number of rotatable bonds is 4. The summed E-state index contributed by atoms with van der Waals surface area (Å²) in [7, 11) is 0. The highest BCUT2D eigenvalue weighted by Crippen LogP contribution is 2.25. The Balaban J connectivity index is 1.48. The van der Waals surface area contributed by atoms with Gasteiger partial charge in [0.25, 0.3) is 0 Å². The number of amides is 2. The lowest BCUT2D eigenvalue weighted by Gasteiger charge is -2.34. The molecule has 0 radical (unpaired) electrons. The SMILES string of the molecule is CCC(=O)N1CCC[C@@H](C(=O)N2CCCN(CC3CCCCC3)CC2)C1. The molecule has 0 unspecified atom stereocenters. The zero-order valence-electron chi connectivity index (χ0n) is 16.6. The van der Waals surface area contributed by atoms with Crippen LogP contribution in [-0.4, -0.2) is 72.3 Å². The minimum absolute atomic E-state index is 0.0177. The molecule has 0 N–H and O–H groups in total. The minimum atomic E-state index is 0.0177. The fraction of sp³-hybridized carbons (Fsp3) is 0.905. The van der Waals surface area contributed by atoms with Gasteiger partial charge >= 0.3 is 0 Å².